The molecule has 2 saturated heterocycles. The average Bonchev–Trinajstić information content (AvgIpc) is 1.84. The lowest BCUT2D eigenvalue weighted by Crippen LogP contribution is -2.56. The molecule has 0 unspecified atom stereocenters. The highest BCUT2D eigenvalue weighted by molar-refractivity contribution is 5.99. The van der Waals surface area contributed by atoms with Crippen LogP contribution in [-0.2, 0) is 51.1 Å². The van der Waals surface area contributed by atoms with Crippen molar-refractivity contribution in [2.24, 2.45) is 23.7 Å². The van der Waals surface area contributed by atoms with Crippen LogP contribution < -0.4 is 16.0 Å². The molecule has 2 aliphatic carbocycles. The lowest BCUT2D eigenvalue weighted by atomic mass is 9.76. The molecule has 4 aliphatic rings. The fourth-order valence-corrected chi connectivity index (χ4v) is 13.8. The number of nitrogens with one attached hydrogen (secondary N) is 3. The molecular weight excluding hydrogens is 1130 g/mol. The first-order valence-corrected chi connectivity index (χ1v) is 33.4. The maximum atomic E-state index is 14.8. The number of carbonyl (C=O) groups excluding carboxylic acids is 8. The Morgan fingerprint density at radius 3 is 1.58 bits per heavy atom. The first kappa shape index (κ1) is 68.8. The zero-order valence-corrected chi connectivity index (χ0v) is 54.2. The van der Waals surface area contributed by atoms with E-state index < -0.39 is 17.9 Å². The highest BCUT2D eigenvalue weighted by Gasteiger charge is 2.45. The highest BCUT2D eigenvalue weighted by atomic mass is 16.5. The van der Waals surface area contributed by atoms with Crippen molar-refractivity contribution in [3.8, 4) is 11.1 Å². The van der Waals surface area contributed by atoms with Gasteiger partial charge in [0.15, 0.2) is 5.78 Å². The van der Waals surface area contributed by atoms with Gasteiger partial charge >= 0.3 is 0 Å². The van der Waals surface area contributed by atoms with Crippen molar-refractivity contribution in [2.45, 2.75) is 173 Å². The second-order valence-electron chi connectivity index (χ2n) is 25.8. The van der Waals surface area contributed by atoms with Gasteiger partial charge in [0.1, 0.15) is 11.8 Å². The number of Topliss-reactive ketones (excluding diaryl/α,β-unsaturated/α-hetero) is 2. The van der Waals surface area contributed by atoms with E-state index in [9.17, 15) is 38.4 Å². The topological polar surface area (TPSA) is 204 Å². The van der Waals surface area contributed by atoms with Gasteiger partial charge in [0, 0.05) is 95.7 Å². The lowest BCUT2D eigenvalue weighted by Gasteiger charge is -2.37. The van der Waals surface area contributed by atoms with Gasteiger partial charge in [-0.05, 0) is 118 Å². The summed E-state index contributed by atoms with van der Waals surface area (Å²) in [5, 5.41) is 9.07. The number of ketones is 2. The van der Waals surface area contributed by atoms with Crippen LogP contribution in [-0.4, -0.2) is 170 Å². The predicted octanol–water partition coefficient (Wildman–Crippen LogP) is 9.30. The van der Waals surface area contributed by atoms with Crippen molar-refractivity contribution < 1.29 is 47.8 Å². The van der Waals surface area contributed by atoms with Crippen molar-refractivity contribution in [1.29, 1.82) is 0 Å². The quantitative estimate of drug-likeness (QED) is 0.0405. The third-order valence-electron chi connectivity index (χ3n) is 19.9. The van der Waals surface area contributed by atoms with Gasteiger partial charge in [-0.3, -0.25) is 38.4 Å². The summed E-state index contributed by atoms with van der Waals surface area (Å²) in [4.78, 5) is 120. The molecule has 4 aromatic carbocycles. The van der Waals surface area contributed by atoms with Gasteiger partial charge < -0.3 is 45.0 Å². The molecule has 6 amide bonds. The van der Waals surface area contributed by atoms with Crippen LogP contribution >= 0.6 is 0 Å². The fourth-order valence-electron chi connectivity index (χ4n) is 13.8. The monoisotopic (exact) mass is 1230 g/mol. The molecule has 486 valence electrons. The summed E-state index contributed by atoms with van der Waals surface area (Å²) in [7, 11) is 5.04. The van der Waals surface area contributed by atoms with Crippen molar-refractivity contribution in [3.63, 3.8) is 0 Å². The number of nitrogens with zero attached hydrogens (tertiary/aromatic N) is 4. The summed E-state index contributed by atoms with van der Waals surface area (Å²) in [5.41, 5.74) is 4.58. The van der Waals surface area contributed by atoms with Crippen molar-refractivity contribution in [2.75, 3.05) is 67.1 Å². The maximum Gasteiger partial charge on any atom is 0.251 e. The number of likely N-dealkylation sites (N-methyl/N-ethyl adjacent to an activating group) is 1. The van der Waals surface area contributed by atoms with Gasteiger partial charge in [-0.25, -0.2) is 0 Å². The predicted molar refractivity (Wildman–Crippen MR) is 349 cm³/mol. The molecule has 17 heteroatoms. The molecule has 0 bridgehead atoms. The second kappa shape index (κ2) is 34.4. The standard InChI is InChI=1S/C73H99N7O10/c1-7-50(2)70(85)76-69(58-26-18-11-19-27-58)73(88)80-49-63(90-6)43-61(80)46-77(40-38-52-20-12-8-13-21-52)67(83)37-36-65(81)57-32-28-54(29-33-57)55-30-34-59(35-31-55)71(86)75-45-68(84)78(41-39-53-22-14-9-15-23-53)47-60-42-62(89-5)48-79(60)72(87)64(44-66(82)51(3)74-4)56-24-16-10-17-25-56/h8-9,12-15,20-23,28-35,50-51,56,58,60-64,69,74H,7,10-11,16-19,24-27,36-49H2,1-6H3,(H,75,86)(H,76,85)/t50-,51+,60+,61+,62+,63+,64+,69+/m1/s1. The number of benzene rings is 4. The highest BCUT2D eigenvalue weighted by Crippen LogP contribution is 2.36. The molecule has 90 heavy (non-hydrogen) atoms. The number of amides is 6. The molecule has 8 atom stereocenters. The average molecular weight is 1230 g/mol. The van der Waals surface area contributed by atoms with E-state index in [2.05, 4.69) is 16.0 Å². The Morgan fingerprint density at radius 2 is 1.08 bits per heavy atom. The molecule has 2 heterocycles. The molecule has 2 saturated carbocycles. The number of ether oxygens (including phenoxy) is 2. The number of carbonyl (C=O) groups is 8. The van der Waals surface area contributed by atoms with Gasteiger partial charge in [-0.15, -0.1) is 0 Å². The summed E-state index contributed by atoms with van der Waals surface area (Å²) in [6.07, 6.45) is 12.5. The smallest absolute Gasteiger partial charge is 0.251 e. The molecule has 17 nitrogen and oxygen atoms in total. The molecule has 0 radical (unpaired) electrons. The minimum absolute atomic E-state index is 0.00956. The Bertz CT molecular complexity index is 2790. The van der Waals surface area contributed by atoms with Gasteiger partial charge in [-0.1, -0.05) is 149 Å². The minimum atomic E-state index is -0.651. The second-order valence-corrected chi connectivity index (χ2v) is 25.8. The summed E-state index contributed by atoms with van der Waals surface area (Å²) < 4.78 is 11.7. The number of hydrogen-bond acceptors (Lipinski definition) is 11. The van der Waals surface area contributed by atoms with E-state index in [0.717, 1.165) is 86.5 Å². The van der Waals surface area contributed by atoms with E-state index in [1.54, 1.807) is 55.3 Å². The third kappa shape index (κ3) is 19.0. The summed E-state index contributed by atoms with van der Waals surface area (Å²) in [5.74, 6) is -1.86. The fraction of sp³-hybridized carbons (Fsp3) is 0.562. The van der Waals surface area contributed by atoms with Crippen LogP contribution in [0, 0.1) is 23.7 Å². The Hall–Kier alpha value is -7.08. The number of likely N-dealkylation sites (tertiary alicyclic amines) is 2. The van der Waals surface area contributed by atoms with Crippen LogP contribution in [0.3, 0.4) is 0 Å². The summed E-state index contributed by atoms with van der Waals surface area (Å²) in [6, 6.07) is 32.4. The molecule has 0 spiro atoms. The van der Waals surface area contributed by atoms with Crippen LogP contribution in [0.1, 0.15) is 155 Å². The molecule has 0 aromatic heterocycles. The number of hydrogen-bond donors (Lipinski definition) is 3. The van der Waals surface area contributed by atoms with E-state index >= 15 is 0 Å². The first-order chi connectivity index (χ1) is 43.6. The van der Waals surface area contributed by atoms with E-state index in [1.807, 2.05) is 116 Å². The number of methoxy groups -OCH3 is 2. The van der Waals surface area contributed by atoms with Crippen molar-refractivity contribution >= 4 is 47.0 Å². The van der Waals surface area contributed by atoms with Crippen molar-refractivity contribution in [3.05, 3.63) is 131 Å². The Kier molecular flexibility index (Phi) is 26.3. The molecule has 4 aromatic rings. The largest absolute Gasteiger partial charge is 0.380 e. The Labute approximate surface area is 534 Å². The SMILES string of the molecule is CC[C@@H](C)C(=O)N[C@H](C(=O)N1C[C@@H](OC)C[C@H]1CN(CCc1ccccc1)C(=O)CCC(=O)c1ccc(-c2ccc(C(=O)NCC(=O)N(CCc3ccccc3)C[C@@H]3C[C@H](OC)CN3C(=O)[C@@H](CC(=O)[C@H](C)NC)C3CCCCC3)cc2)cc1)C1CCCCC1. The Morgan fingerprint density at radius 1 is 0.589 bits per heavy atom. The number of rotatable bonds is 31. The summed E-state index contributed by atoms with van der Waals surface area (Å²) in [6.45, 7) is 7.46. The molecule has 2 aliphatic heterocycles. The van der Waals surface area contributed by atoms with Crippen LogP contribution in [0.5, 0.6) is 0 Å². The van der Waals surface area contributed by atoms with Gasteiger partial charge in [-0.2, -0.15) is 0 Å². The van der Waals surface area contributed by atoms with E-state index in [0.29, 0.717) is 69.4 Å². The molecule has 4 fully saturated rings. The zero-order chi connectivity index (χ0) is 64.1. The molecule has 8 rings (SSSR count). The lowest BCUT2D eigenvalue weighted by molar-refractivity contribution is -0.143. The molecular formula is C73H99N7O10. The summed E-state index contributed by atoms with van der Waals surface area (Å²) >= 11 is 0. The Balaban J connectivity index is 0.886. The van der Waals surface area contributed by atoms with E-state index in [4.69, 9.17) is 9.47 Å². The van der Waals surface area contributed by atoms with Gasteiger partial charge in [0.2, 0.25) is 29.5 Å². The minimum Gasteiger partial charge on any atom is -0.380 e. The van der Waals surface area contributed by atoms with Crippen LogP contribution in [0.15, 0.2) is 109 Å². The van der Waals surface area contributed by atoms with E-state index in [-0.39, 0.29) is 128 Å². The van der Waals surface area contributed by atoms with Gasteiger partial charge in [0.05, 0.1) is 36.9 Å². The van der Waals surface area contributed by atoms with Gasteiger partial charge in [0.25, 0.3) is 5.91 Å². The first-order valence-electron chi connectivity index (χ1n) is 33.4. The normalized spacial score (nSPS) is 20.2. The maximum absolute atomic E-state index is 14.8. The van der Waals surface area contributed by atoms with Crippen molar-refractivity contribution in [1.82, 2.24) is 35.6 Å². The molecule has 3 N–H and O–H groups in total. The van der Waals surface area contributed by atoms with Crippen LogP contribution in [0.2, 0.25) is 0 Å². The zero-order valence-electron chi connectivity index (χ0n) is 54.2. The third-order valence-corrected chi connectivity index (χ3v) is 19.9. The van der Waals surface area contributed by atoms with E-state index in [1.165, 1.54) is 0 Å². The van der Waals surface area contributed by atoms with Crippen LogP contribution in [0.4, 0.5) is 0 Å². The van der Waals surface area contributed by atoms with Crippen LogP contribution in [0.25, 0.3) is 11.1 Å².